The summed E-state index contributed by atoms with van der Waals surface area (Å²) in [6.45, 7) is 0.191. The minimum atomic E-state index is -0.985. The summed E-state index contributed by atoms with van der Waals surface area (Å²) >= 11 is 0. The van der Waals surface area contributed by atoms with Gasteiger partial charge in [-0.1, -0.05) is 0 Å². The highest BCUT2D eigenvalue weighted by molar-refractivity contribution is 5.83. The summed E-state index contributed by atoms with van der Waals surface area (Å²) in [5.41, 5.74) is 0. The number of carbonyl (C=O) groups excluding carboxylic acids is 1. The van der Waals surface area contributed by atoms with Crippen molar-refractivity contribution in [2.24, 2.45) is 0 Å². The zero-order chi connectivity index (χ0) is 8.43. The molecule has 5 nitrogen and oxygen atoms in total. The normalized spacial score (nSPS) is 25.2. The summed E-state index contributed by atoms with van der Waals surface area (Å²) in [6, 6.07) is -0.604. The molecule has 0 radical (unpaired) electrons. The van der Waals surface area contributed by atoms with E-state index in [0.29, 0.717) is 0 Å². The summed E-state index contributed by atoms with van der Waals surface area (Å²) in [4.78, 5) is 22.6. The minimum Gasteiger partial charge on any atom is -0.481 e. The lowest BCUT2D eigenvalue weighted by molar-refractivity contribution is -0.144. The Morgan fingerprint density at radius 3 is 2.91 bits per heavy atom. The summed E-state index contributed by atoms with van der Waals surface area (Å²) in [7, 11) is 1.65. The Morgan fingerprint density at radius 2 is 2.55 bits per heavy atom. The Bertz CT molecular complexity index is 191. The molecule has 0 aliphatic carbocycles. The van der Waals surface area contributed by atoms with Crippen LogP contribution in [0, 0.1) is 0 Å². The van der Waals surface area contributed by atoms with Gasteiger partial charge in [0.15, 0.2) is 0 Å². The first kappa shape index (κ1) is 8.00. The number of carboxylic acid groups (broad SMARTS) is 1. The standard InChI is InChI=1S/C6H9NO4/c1-7-3-11-6(10)4(7)2-5(8)9/h4H,2-3H2,1H3,(H,8,9)/t4-/m0/s1. The Labute approximate surface area is 63.5 Å². The number of cyclic esters (lactones) is 1. The van der Waals surface area contributed by atoms with Crippen LogP contribution in [0.4, 0.5) is 0 Å². The van der Waals surface area contributed by atoms with Crippen molar-refractivity contribution >= 4 is 11.9 Å². The molecule has 1 fully saturated rings. The molecule has 1 aliphatic rings. The fraction of sp³-hybridized carbons (Fsp3) is 0.667. The van der Waals surface area contributed by atoms with E-state index < -0.39 is 18.0 Å². The third kappa shape index (κ3) is 1.68. The van der Waals surface area contributed by atoms with E-state index in [1.807, 2.05) is 0 Å². The van der Waals surface area contributed by atoms with Crippen LogP contribution in [-0.4, -0.2) is 41.8 Å². The van der Waals surface area contributed by atoms with Crippen LogP contribution in [-0.2, 0) is 14.3 Å². The highest BCUT2D eigenvalue weighted by Gasteiger charge is 2.33. The molecule has 0 saturated carbocycles. The number of hydrogen-bond donors (Lipinski definition) is 1. The molecule has 5 heteroatoms. The van der Waals surface area contributed by atoms with Crippen molar-refractivity contribution in [3.8, 4) is 0 Å². The van der Waals surface area contributed by atoms with Crippen molar-refractivity contribution in [2.45, 2.75) is 12.5 Å². The molecule has 11 heavy (non-hydrogen) atoms. The Balaban J connectivity index is 2.54. The summed E-state index contributed by atoms with van der Waals surface area (Å²) < 4.78 is 4.60. The van der Waals surface area contributed by atoms with Crippen molar-refractivity contribution in [1.82, 2.24) is 4.90 Å². The molecule has 0 aromatic rings. The number of rotatable bonds is 2. The monoisotopic (exact) mass is 159 g/mol. The van der Waals surface area contributed by atoms with Gasteiger partial charge >= 0.3 is 11.9 Å². The molecule has 1 N–H and O–H groups in total. The molecule has 0 amide bonds. The van der Waals surface area contributed by atoms with Crippen molar-refractivity contribution in [2.75, 3.05) is 13.8 Å². The molecule has 1 saturated heterocycles. The minimum absolute atomic E-state index is 0.185. The first-order valence-corrected chi connectivity index (χ1v) is 3.20. The van der Waals surface area contributed by atoms with Crippen LogP contribution in [0.3, 0.4) is 0 Å². The van der Waals surface area contributed by atoms with Crippen molar-refractivity contribution in [3.05, 3.63) is 0 Å². The van der Waals surface area contributed by atoms with Gasteiger partial charge in [-0.3, -0.25) is 14.5 Å². The van der Waals surface area contributed by atoms with Crippen LogP contribution in [0.1, 0.15) is 6.42 Å². The SMILES string of the molecule is CN1COC(=O)[C@@H]1CC(=O)O. The summed E-state index contributed by atoms with van der Waals surface area (Å²) in [5, 5.41) is 8.38. The second-order valence-corrected chi connectivity index (χ2v) is 2.46. The fourth-order valence-corrected chi connectivity index (χ4v) is 0.936. The number of carboxylic acids is 1. The third-order valence-electron chi connectivity index (χ3n) is 1.58. The summed E-state index contributed by atoms with van der Waals surface area (Å²) in [5.74, 6) is -1.43. The zero-order valence-corrected chi connectivity index (χ0v) is 6.11. The Hall–Kier alpha value is -1.10. The van der Waals surface area contributed by atoms with Gasteiger partial charge in [-0.15, -0.1) is 0 Å². The number of hydrogen-bond acceptors (Lipinski definition) is 4. The van der Waals surface area contributed by atoms with E-state index in [1.54, 1.807) is 11.9 Å². The second-order valence-electron chi connectivity index (χ2n) is 2.46. The molecule has 0 bridgehead atoms. The van der Waals surface area contributed by atoms with Gasteiger partial charge in [0.1, 0.15) is 12.8 Å². The van der Waals surface area contributed by atoms with E-state index in [4.69, 9.17) is 5.11 Å². The van der Waals surface area contributed by atoms with Crippen LogP contribution < -0.4 is 0 Å². The zero-order valence-electron chi connectivity index (χ0n) is 6.11. The maximum Gasteiger partial charge on any atom is 0.325 e. The number of likely N-dealkylation sites (N-methyl/N-ethyl adjacent to an activating group) is 1. The average molecular weight is 159 g/mol. The van der Waals surface area contributed by atoms with E-state index in [1.165, 1.54) is 0 Å². The van der Waals surface area contributed by atoms with Crippen LogP contribution in [0.25, 0.3) is 0 Å². The van der Waals surface area contributed by atoms with Crippen LogP contribution >= 0.6 is 0 Å². The molecule has 0 spiro atoms. The lowest BCUT2D eigenvalue weighted by Gasteiger charge is -2.10. The second kappa shape index (κ2) is 2.87. The number of nitrogens with zero attached hydrogens (tertiary/aromatic N) is 1. The number of esters is 1. The van der Waals surface area contributed by atoms with E-state index in [0.717, 1.165) is 0 Å². The van der Waals surface area contributed by atoms with Gasteiger partial charge in [0, 0.05) is 0 Å². The lowest BCUT2D eigenvalue weighted by Crippen LogP contribution is -2.31. The average Bonchev–Trinajstić information content (AvgIpc) is 2.18. The molecule has 1 rings (SSSR count). The van der Waals surface area contributed by atoms with Crippen molar-refractivity contribution < 1.29 is 19.4 Å². The molecule has 0 unspecified atom stereocenters. The maximum atomic E-state index is 10.8. The summed E-state index contributed by atoms with van der Waals surface area (Å²) in [6.07, 6.45) is -0.185. The van der Waals surface area contributed by atoms with Gasteiger partial charge in [0.05, 0.1) is 6.42 Å². The predicted molar refractivity (Wildman–Crippen MR) is 34.8 cm³/mol. The van der Waals surface area contributed by atoms with Gasteiger partial charge in [0.25, 0.3) is 0 Å². The number of carbonyl (C=O) groups is 2. The lowest BCUT2D eigenvalue weighted by atomic mass is 10.2. The molecule has 0 aromatic carbocycles. The predicted octanol–water partition coefficient (Wildman–Crippen LogP) is -0.724. The topological polar surface area (TPSA) is 66.8 Å². The molecular formula is C6H9NO4. The van der Waals surface area contributed by atoms with Crippen molar-refractivity contribution in [1.29, 1.82) is 0 Å². The number of aliphatic carboxylic acids is 1. The molecule has 0 aromatic heterocycles. The van der Waals surface area contributed by atoms with E-state index >= 15 is 0 Å². The van der Waals surface area contributed by atoms with E-state index in [-0.39, 0.29) is 13.2 Å². The van der Waals surface area contributed by atoms with Crippen LogP contribution in [0.15, 0.2) is 0 Å². The smallest absolute Gasteiger partial charge is 0.325 e. The highest BCUT2D eigenvalue weighted by atomic mass is 16.6. The van der Waals surface area contributed by atoms with Gasteiger partial charge in [-0.05, 0) is 7.05 Å². The quantitative estimate of drug-likeness (QED) is 0.538. The van der Waals surface area contributed by atoms with Gasteiger partial charge in [0.2, 0.25) is 0 Å². The van der Waals surface area contributed by atoms with Gasteiger partial charge < -0.3 is 9.84 Å². The molecule has 1 atom stereocenters. The first-order chi connectivity index (χ1) is 5.11. The highest BCUT2D eigenvalue weighted by Crippen LogP contribution is 2.11. The Morgan fingerprint density at radius 1 is 1.91 bits per heavy atom. The van der Waals surface area contributed by atoms with Gasteiger partial charge in [-0.2, -0.15) is 0 Å². The van der Waals surface area contributed by atoms with Crippen LogP contribution in [0.2, 0.25) is 0 Å². The Kier molecular flexibility index (Phi) is 2.09. The molecule has 62 valence electrons. The number of ether oxygens (including phenoxy) is 1. The molecule has 1 heterocycles. The van der Waals surface area contributed by atoms with E-state index in [2.05, 4.69) is 4.74 Å². The van der Waals surface area contributed by atoms with E-state index in [9.17, 15) is 9.59 Å². The first-order valence-electron chi connectivity index (χ1n) is 3.20. The molecular weight excluding hydrogens is 150 g/mol. The largest absolute Gasteiger partial charge is 0.481 e. The molecule has 1 aliphatic heterocycles. The fourth-order valence-electron chi connectivity index (χ4n) is 0.936. The van der Waals surface area contributed by atoms with Crippen LogP contribution in [0.5, 0.6) is 0 Å². The third-order valence-corrected chi connectivity index (χ3v) is 1.58. The maximum absolute atomic E-state index is 10.8. The van der Waals surface area contributed by atoms with Gasteiger partial charge in [-0.25, -0.2) is 0 Å². The van der Waals surface area contributed by atoms with Crippen molar-refractivity contribution in [3.63, 3.8) is 0 Å².